The van der Waals surface area contributed by atoms with Crippen molar-refractivity contribution in [3.8, 4) is 5.75 Å². The Balaban J connectivity index is 3.75. The quantitative estimate of drug-likeness (QED) is 0.356. The summed E-state index contributed by atoms with van der Waals surface area (Å²) in [6.45, 7) is 0. The molecule has 1 heterocycles. The van der Waals surface area contributed by atoms with Crippen LogP contribution >= 0.6 is 10.7 Å². The highest BCUT2D eigenvalue weighted by atomic mass is 35.7. The molecule has 0 aliphatic heterocycles. The number of hydrogen-bond donors (Lipinski definition) is 0. The van der Waals surface area contributed by atoms with Crippen LogP contribution in [0.3, 0.4) is 0 Å². The number of ether oxygens (including phenoxy) is 1. The number of alkyl halides is 5. The highest BCUT2D eigenvalue weighted by Gasteiger charge is 2.40. The lowest BCUT2D eigenvalue weighted by atomic mass is 10.3. The summed E-state index contributed by atoms with van der Waals surface area (Å²) < 4.78 is 87.2. The molecular formula is C7H2ClF5N2O5S. The minimum atomic E-state index is -5.50. The molecule has 7 nitrogen and oxygen atoms in total. The minimum Gasteiger partial charge on any atom is -0.404 e. The average Bonchev–Trinajstić information content (AvgIpc) is 2.23. The van der Waals surface area contributed by atoms with E-state index in [1.165, 1.54) is 0 Å². The van der Waals surface area contributed by atoms with Gasteiger partial charge < -0.3 is 14.9 Å². The molecule has 0 spiro atoms. The van der Waals surface area contributed by atoms with Gasteiger partial charge in [0.05, 0.1) is 6.07 Å². The summed E-state index contributed by atoms with van der Waals surface area (Å²) >= 11 is 0. The second-order valence-electron chi connectivity index (χ2n) is 3.24. The van der Waals surface area contributed by atoms with Crippen molar-refractivity contribution in [2.24, 2.45) is 0 Å². The normalized spacial score (nSPS) is 12.5. The van der Waals surface area contributed by atoms with Crippen LogP contribution in [-0.2, 0) is 9.05 Å². The Hall–Kier alpha value is -1.76. The predicted molar refractivity (Wildman–Crippen MR) is 55.6 cm³/mol. The largest absolute Gasteiger partial charge is 0.573 e. The Morgan fingerprint density at radius 3 is 2.24 bits per heavy atom. The lowest BCUT2D eigenvalue weighted by molar-refractivity contribution is -0.390. The van der Waals surface area contributed by atoms with Gasteiger partial charge in [0.15, 0.2) is 10.6 Å². The standard InChI is InChI=1S/C7H2ClF5N2O5S/c8-21(18,19)5-2(20-7(11,12)13)1-3(15(16)17)14-4(5)6(9)10/h1,6H. The van der Waals surface area contributed by atoms with E-state index >= 15 is 0 Å². The van der Waals surface area contributed by atoms with Crippen molar-refractivity contribution >= 4 is 25.6 Å². The molecule has 0 radical (unpaired) electrons. The number of nitrogens with zero attached hydrogens (tertiary/aromatic N) is 2. The molecule has 0 N–H and O–H groups in total. The lowest BCUT2D eigenvalue weighted by Gasteiger charge is -2.12. The summed E-state index contributed by atoms with van der Waals surface area (Å²) in [6, 6.07) is -0.0748. The summed E-state index contributed by atoms with van der Waals surface area (Å²) in [4.78, 5) is 9.91. The van der Waals surface area contributed by atoms with Crippen LogP contribution in [0.15, 0.2) is 11.0 Å². The van der Waals surface area contributed by atoms with Crippen molar-refractivity contribution in [3.63, 3.8) is 0 Å². The number of aromatic nitrogens is 1. The molecule has 0 aliphatic carbocycles. The van der Waals surface area contributed by atoms with Gasteiger partial charge in [0.2, 0.25) is 5.69 Å². The predicted octanol–water partition coefficient (Wildman–Crippen LogP) is 2.75. The highest BCUT2D eigenvalue weighted by Crippen LogP contribution is 2.39. The monoisotopic (exact) mass is 356 g/mol. The Bertz CT molecular complexity index is 677. The van der Waals surface area contributed by atoms with Crippen molar-refractivity contribution in [2.45, 2.75) is 17.7 Å². The van der Waals surface area contributed by atoms with Gasteiger partial charge in [-0.2, -0.15) is 0 Å². The van der Waals surface area contributed by atoms with E-state index in [0.29, 0.717) is 0 Å². The highest BCUT2D eigenvalue weighted by molar-refractivity contribution is 8.13. The van der Waals surface area contributed by atoms with Crippen LogP contribution in [0, 0.1) is 10.1 Å². The van der Waals surface area contributed by atoms with E-state index in [-0.39, 0.29) is 6.07 Å². The van der Waals surface area contributed by atoms with Gasteiger partial charge in [0, 0.05) is 10.7 Å². The molecular weight excluding hydrogens is 355 g/mol. The summed E-state index contributed by atoms with van der Waals surface area (Å²) in [5.74, 6) is -3.23. The number of pyridine rings is 1. The maximum atomic E-state index is 12.7. The van der Waals surface area contributed by atoms with Crippen LogP contribution in [0.1, 0.15) is 12.1 Å². The first-order valence-electron chi connectivity index (χ1n) is 4.51. The fourth-order valence-electron chi connectivity index (χ4n) is 1.20. The zero-order valence-corrected chi connectivity index (χ0v) is 10.8. The Labute approximate surface area is 116 Å². The molecule has 1 aromatic rings. The molecule has 21 heavy (non-hydrogen) atoms. The Morgan fingerprint density at radius 2 is 1.90 bits per heavy atom. The third kappa shape index (κ3) is 4.35. The van der Waals surface area contributed by atoms with Gasteiger partial charge in [0.1, 0.15) is 0 Å². The fourth-order valence-corrected chi connectivity index (χ4v) is 2.39. The molecule has 0 unspecified atom stereocenters. The molecule has 0 fully saturated rings. The molecule has 118 valence electrons. The van der Waals surface area contributed by atoms with E-state index in [4.69, 9.17) is 10.7 Å². The zero-order chi connectivity index (χ0) is 16.6. The summed E-state index contributed by atoms with van der Waals surface area (Å²) in [6.07, 6.45) is -9.24. The van der Waals surface area contributed by atoms with E-state index in [9.17, 15) is 40.5 Å². The number of rotatable bonds is 4. The van der Waals surface area contributed by atoms with E-state index in [1.54, 1.807) is 0 Å². The van der Waals surface area contributed by atoms with Crippen LogP contribution in [0.2, 0.25) is 0 Å². The van der Waals surface area contributed by atoms with Gasteiger partial charge in [-0.15, -0.1) is 13.2 Å². The molecule has 0 bridgehead atoms. The summed E-state index contributed by atoms with van der Waals surface area (Å²) in [5, 5.41) is 10.4. The Morgan fingerprint density at radius 1 is 1.38 bits per heavy atom. The molecule has 0 amide bonds. The average molecular weight is 357 g/mol. The summed E-state index contributed by atoms with van der Waals surface area (Å²) in [5.41, 5.74) is -1.82. The van der Waals surface area contributed by atoms with E-state index in [1.807, 2.05) is 0 Å². The van der Waals surface area contributed by atoms with Crippen LogP contribution < -0.4 is 4.74 Å². The van der Waals surface area contributed by atoms with Crippen LogP contribution in [-0.4, -0.2) is 24.7 Å². The van der Waals surface area contributed by atoms with Crippen LogP contribution in [0.25, 0.3) is 0 Å². The van der Waals surface area contributed by atoms with Crippen LogP contribution in [0.4, 0.5) is 27.8 Å². The first-order valence-corrected chi connectivity index (χ1v) is 6.81. The molecule has 0 atom stereocenters. The number of nitro groups is 1. The molecule has 1 aromatic heterocycles. The second kappa shape index (κ2) is 5.55. The minimum absolute atomic E-state index is 0.0748. The van der Waals surface area contributed by atoms with Gasteiger partial charge in [-0.3, -0.25) is 0 Å². The van der Waals surface area contributed by atoms with Crippen molar-refractivity contribution in [2.75, 3.05) is 0 Å². The van der Waals surface area contributed by atoms with Crippen molar-refractivity contribution in [1.82, 2.24) is 4.98 Å². The molecule has 1 rings (SSSR count). The molecule has 0 aliphatic rings. The SMILES string of the molecule is O=[N+]([O-])c1cc(OC(F)(F)F)c(S(=O)(=O)Cl)c(C(F)F)n1. The second-order valence-corrected chi connectivity index (χ2v) is 5.74. The van der Waals surface area contributed by atoms with Crippen molar-refractivity contribution in [3.05, 3.63) is 21.9 Å². The zero-order valence-electron chi connectivity index (χ0n) is 9.27. The van der Waals surface area contributed by atoms with E-state index in [0.717, 1.165) is 0 Å². The van der Waals surface area contributed by atoms with Crippen LogP contribution in [0.5, 0.6) is 5.75 Å². The third-order valence-corrected chi connectivity index (χ3v) is 3.18. The first-order chi connectivity index (χ1) is 9.33. The maximum Gasteiger partial charge on any atom is 0.573 e. The van der Waals surface area contributed by atoms with Crippen molar-refractivity contribution in [1.29, 1.82) is 0 Å². The number of halogens is 6. The smallest absolute Gasteiger partial charge is 0.404 e. The van der Waals surface area contributed by atoms with Gasteiger partial charge in [0.25, 0.3) is 9.05 Å². The van der Waals surface area contributed by atoms with E-state index in [2.05, 4.69) is 9.72 Å². The number of hydrogen-bond acceptors (Lipinski definition) is 6. The molecule has 0 saturated heterocycles. The lowest BCUT2D eigenvalue weighted by Crippen LogP contribution is -2.20. The molecule has 0 saturated carbocycles. The molecule has 14 heteroatoms. The third-order valence-electron chi connectivity index (χ3n) is 1.81. The van der Waals surface area contributed by atoms with E-state index < -0.39 is 48.9 Å². The van der Waals surface area contributed by atoms with Gasteiger partial charge in [-0.05, 0) is 9.91 Å². The van der Waals surface area contributed by atoms with Gasteiger partial charge in [-0.25, -0.2) is 17.2 Å². The van der Waals surface area contributed by atoms with Gasteiger partial charge in [-0.1, -0.05) is 0 Å². The first kappa shape index (κ1) is 17.3. The maximum absolute atomic E-state index is 12.7. The molecule has 0 aromatic carbocycles. The van der Waals surface area contributed by atoms with Crippen molar-refractivity contribution < 1.29 is 40.0 Å². The fraction of sp³-hybridized carbons (Fsp3) is 0.286. The van der Waals surface area contributed by atoms with Gasteiger partial charge >= 0.3 is 18.6 Å². The summed E-state index contributed by atoms with van der Waals surface area (Å²) in [7, 11) is -0.386. The topological polar surface area (TPSA) is 99.4 Å². The Kier molecular flexibility index (Phi) is 4.57.